The summed E-state index contributed by atoms with van der Waals surface area (Å²) in [4.78, 5) is 0. The highest BCUT2D eigenvalue weighted by atomic mass is 31.2. The smallest absolute Gasteiger partial charge is 0.457 e. The molecule has 7 nitrogen and oxygen atoms in total. The summed E-state index contributed by atoms with van der Waals surface area (Å²) in [6, 6.07) is 43.3. The topological polar surface area (TPSA) is 72.5 Å². The number of ether oxygens (including phenoxy) is 3. The van der Waals surface area contributed by atoms with Gasteiger partial charge in [-0.3, -0.25) is 0 Å². The Balaban J connectivity index is 1.18. The summed E-state index contributed by atoms with van der Waals surface area (Å²) in [7, 11) is -4.27. The molecule has 0 aromatic heterocycles. The number of phosphoric acid groups is 1. The summed E-state index contributed by atoms with van der Waals surface area (Å²) in [5.74, 6) is 4.67. The lowest BCUT2D eigenvalue weighted by Gasteiger charge is -2.20. The Morgan fingerprint density at radius 1 is 0.298 bits per heavy atom. The minimum atomic E-state index is -4.27. The van der Waals surface area contributed by atoms with Crippen LogP contribution < -0.4 is 27.8 Å². The van der Waals surface area contributed by atoms with E-state index in [-0.39, 0.29) is 17.2 Å². The highest BCUT2D eigenvalue weighted by Crippen LogP contribution is 2.50. The van der Waals surface area contributed by atoms with Crippen molar-refractivity contribution in [3.8, 4) is 51.7 Å². The second kappa shape index (κ2) is 14.2. The number of hydrogen-bond donors (Lipinski definition) is 0. The van der Waals surface area contributed by atoms with Crippen LogP contribution in [0.2, 0.25) is 0 Å². The van der Waals surface area contributed by atoms with Gasteiger partial charge in [0.15, 0.2) is 0 Å². The Morgan fingerprint density at radius 2 is 0.468 bits per heavy atom. The lowest BCUT2D eigenvalue weighted by Crippen LogP contribution is -2.07. The third kappa shape index (κ3) is 8.97. The van der Waals surface area contributed by atoms with Crippen molar-refractivity contribution < 1.29 is 32.3 Å². The lowest BCUT2D eigenvalue weighted by atomic mass is 10.2. The molecule has 6 rings (SSSR count). The first kappa shape index (κ1) is 31.3. The Hall–Kier alpha value is -5.65. The molecule has 0 bridgehead atoms. The number of aryl methyl sites for hydroxylation is 3. The van der Waals surface area contributed by atoms with Crippen molar-refractivity contribution in [2.75, 3.05) is 0 Å². The summed E-state index contributed by atoms with van der Waals surface area (Å²) in [6.45, 7) is 6.04. The zero-order valence-corrected chi connectivity index (χ0v) is 27.1. The van der Waals surface area contributed by atoms with Crippen molar-refractivity contribution in [2.45, 2.75) is 20.8 Å². The van der Waals surface area contributed by atoms with Crippen LogP contribution in [0.1, 0.15) is 16.7 Å². The van der Waals surface area contributed by atoms with Gasteiger partial charge in [-0.15, -0.1) is 0 Å². The highest BCUT2D eigenvalue weighted by Gasteiger charge is 2.33. The molecule has 0 atom stereocenters. The van der Waals surface area contributed by atoms with E-state index in [0.717, 1.165) is 16.7 Å². The molecule has 8 heteroatoms. The van der Waals surface area contributed by atoms with E-state index in [1.54, 1.807) is 72.8 Å². The molecule has 0 fully saturated rings. The van der Waals surface area contributed by atoms with E-state index in [2.05, 4.69) is 0 Å². The Kier molecular flexibility index (Phi) is 9.46. The van der Waals surface area contributed by atoms with Crippen molar-refractivity contribution in [1.82, 2.24) is 0 Å². The van der Waals surface area contributed by atoms with Gasteiger partial charge in [-0.25, -0.2) is 0 Å². The molecule has 236 valence electrons. The first-order valence-electron chi connectivity index (χ1n) is 15.0. The minimum Gasteiger partial charge on any atom is -0.457 e. The molecule has 47 heavy (non-hydrogen) atoms. The van der Waals surface area contributed by atoms with E-state index in [4.69, 9.17) is 27.8 Å². The fraction of sp³-hybridized carbons (Fsp3) is 0.0769. The Bertz CT molecular complexity index is 1710. The van der Waals surface area contributed by atoms with Crippen molar-refractivity contribution >= 4 is 7.82 Å². The Morgan fingerprint density at radius 3 is 0.681 bits per heavy atom. The second-order valence-electron chi connectivity index (χ2n) is 10.9. The highest BCUT2D eigenvalue weighted by molar-refractivity contribution is 7.49. The van der Waals surface area contributed by atoms with Gasteiger partial charge in [0.1, 0.15) is 51.7 Å². The molecule has 0 saturated heterocycles. The first-order chi connectivity index (χ1) is 22.8. The van der Waals surface area contributed by atoms with Crippen LogP contribution in [0, 0.1) is 20.8 Å². The predicted octanol–water partition coefficient (Wildman–Crippen LogP) is 11.6. The standard InChI is InChI=1S/C39H33O7P/c1-28-4-10-31(11-5-28)41-34-16-22-37(23-17-34)44-47(40,45-38-24-18-35(19-25-38)42-32-12-6-29(2)7-13-32)46-39-26-20-36(21-27-39)43-33-14-8-30(3)9-15-33/h4-27H,1-3H3. The molecular formula is C39H33O7P. The van der Waals surface area contributed by atoms with Crippen LogP contribution in [-0.2, 0) is 4.57 Å². The molecule has 0 unspecified atom stereocenters. The molecule has 0 amide bonds. The molecule has 0 aliphatic rings. The molecule has 0 saturated carbocycles. The zero-order valence-electron chi connectivity index (χ0n) is 26.2. The molecule has 0 spiro atoms. The third-order valence-electron chi connectivity index (χ3n) is 6.89. The van der Waals surface area contributed by atoms with Crippen LogP contribution in [0.5, 0.6) is 51.7 Å². The predicted molar refractivity (Wildman–Crippen MR) is 183 cm³/mol. The molecule has 0 N–H and O–H groups in total. The second-order valence-corrected chi connectivity index (χ2v) is 12.3. The number of rotatable bonds is 12. The molecule has 0 aliphatic heterocycles. The monoisotopic (exact) mass is 644 g/mol. The van der Waals surface area contributed by atoms with Crippen molar-refractivity contribution in [3.05, 3.63) is 162 Å². The van der Waals surface area contributed by atoms with Gasteiger partial charge in [-0.2, -0.15) is 4.57 Å². The summed E-state index contributed by atoms with van der Waals surface area (Å²) in [5, 5.41) is 0. The van der Waals surface area contributed by atoms with Crippen molar-refractivity contribution in [3.63, 3.8) is 0 Å². The molecule has 6 aromatic carbocycles. The normalized spacial score (nSPS) is 11.0. The SMILES string of the molecule is Cc1ccc(Oc2ccc(OP(=O)(Oc3ccc(Oc4ccc(C)cc4)cc3)Oc3ccc(Oc4ccc(C)cc4)cc3)cc2)cc1. The van der Waals surface area contributed by atoms with E-state index in [9.17, 15) is 4.57 Å². The molecular weight excluding hydrogens is 611 g/mol. The van der Waals surface area contributed by atoms with E-state index in [1.165, 1.54) is 0 Å². The lowest BCUT2D eigenvalue weighted by molar-refractivity contribution is 0.298. The number of hydrogen-bond acceptors (Lipinski definition) is 7. The summed E-state index contributed by atoms with van der Waals surface area (Å²) in [5.41, 5.74) is 3.41. The van der Waals surface area contributed by atoms with Gasteiger partial charge in [0.25, 0.3) is 0 Å². The van der Waals surface area contributed by atoms with E-state index in [0.29, 0.717) is 34.5 Å². The maximum absolute atomic E-state index is 14.2. The average molecular weight is 645 g/mol. The summed E-state index contributed by atoms with van der Waals surface area (Å²) >= 11 is 0. The van der Waals surface area contributed by atoms with Crippen molar-refractivity contribution in [1.29, 1.82) is 0 Å². The first-order valence-corrected chi connectivity index (χ1v) is 16.5. The molecule has 0 radical (unpaired) electrons. The minimum absolute atomic E-state index is 0.267. The van der Waals surface area contributed by atoms with E-state index < -0.39 is 7.82 Å². The fourth-order valence-corrected chi connectivity index (χ4v) is 5.63. The van der Waals surface area contributed by atoms with Gasteiger partial charge in [0.05, 0.1) is 0 Å². The maximum atomic E-state index is 14.2. The summed E-state index contributed by atoms with van der Waals surface area (Å²) < 4.78 is 49.6. The van der Waals surface area contributed by atoms with Crippen LogP contribution in [0.4, 0.5) is 0 Å². The third-order valence-corrected chi connectivity index (χ3v) is 8.20. The Labute approximate surface area is 274 Å². The van der Waals surface area contributed by atoms with Crippen LogP contribution >= 0.6 is 7.82 Å². The van der Waals surface area contributed by atoms with Crippen molar-refractivity contribution in [2.24, 2.45) is 0 Å². The molecule has 6 aromatic rings. The summed E-state index contributed by atoms with van der Waals surface area (Å²) in [6.07, 6.45) is 0. The average Bonchev–Trinajstić information content (AvgIpc) is 3.07. The largest absolute Gasteiger partial charge is 0.647 e. The van der Waals surface area contributed by atoms with Gasteiger partial charge >= 0.3 is 7.82 Å². The molecule has 0 aliphatic carbocycles. The van der Waals surface area contributed by atoms with Gasteiger partial charge in [0, 0.05) is 0 Å². The van der Waals surface area contributed by atoms with E-state index >= 15 is 0 Å². The zero-order chi connectivity index (χ0) is 32.6. The maximum Gasteiger partial charge on any atom is 0.647 e. The van der Waals surface area contributed by atoms with Crippen LogP contribution in [0.15, 0.2) is 146 Å². The van der Waals surface area contributed by atoms with Gasteiger partial charge in [-0.1, -0.05) is 53.1 Å². The van der Waals surface area contributed by atoms with Crippen LogP contribution in [0.25, 0.3) is 0 Å². The number of benzene rings is 6. The van der Waals surface area contributed by atoms with Crippen LogP contribution in [-0.4, -0.2) is 0 Å². The van der Waals surface area contributed by atoms with Gasteiger partial charge in [0.2, 0.25) is 0 Å². The quantitative estimate of drug-likeness (QED) is 0.123. The molecule has 0 heterocycles. The fourth-order valence-electron chi connectivity index (χ4n) is 4.38. The van der Waals surface area contributed by atoms with Gasteiger partial charge < -0.3 is 27.8 Å². The van der Waals surface area contributed by atoms with Crippen LogP contribution in [0.3, 0.4) is 0 Å². The number of phosphoric ester groups is 1. The van der Waals surface area contributed by atoms with Gasteiger partial charge in [-0.05, 0) is 130 Å². The van der Waals surface area contributed by atoms with E-state index in [1.807, 2.05) is 93.6 Å².